The molecule has 7 nitrogen and oxygen atoms in total. The van der Waals surface area contributed by atoms with Gasteiger partial charge in [-0.15, -0.1) is 0 Å². The van der Waals surface area contributed by atoms with E-state index in [1.54, 1.807) is 40.8 Å². The molecule has 124 valence electrons. The largest absolute Gasteiger partial charge is 0.394 e. The number of halogens is 1. The Balaban J connectivity index is 1.90. The normalized spacial score (nSPS) is 10.8. The fourth-order valence-corrected chi connectivity index (χ4v) is 2.43. The molecule has 0 radical (unpaired) electrons. The number of hydrogen-bond donors (Lipinski definition) is 2. The molecule has 3 rings (SSSR count). The highest BCUT2D eigenvalue weighted by Crippen LogP contribution is 2.24. The second kappa shape index (κ2) is 6.86. The SMILES string of the molecule is Cn1cncc1C(=O)Nc1cc(-c2ccc(Cl)cc2)nn1CCO. The fourth-order valence-electron chi connectivity index (χ4n) is 2.30. The molecule has 1 amide bonds. The lowest BCUT2D eigenvalue weighted by molar-refractivity contribution is 0.101. The Morgan fingerprint density at radius 2 is 2.08 bits per heavy atom. The van der Waals surface area contributed by atoms with Crippen LogP contribution in [0.15, 0.2) is 42.9 Å². The lowest BCUT2D eigenvalue weighted by atomic mass is 10.1. The van der Waals surface area contributed by atoms with Crippen molar-refractivity contribution in [3.8, 4) is 11.3 Å². The summed E-state index contributed by atoms with van der Waals surface area (Å²) in [5.74, 6) is 0.206. The number of carbonyl (C=O) groups excluding carboxylic acids is 1. The van der Waals surface area contributed by atoms with Crippen molar-refractivity contribution in [2.45, 2.75) is 6.54 Å². The van der Waals surface area contributed by atoms with Crippen LogP contribution in [0.1, 0.15) is 10.5 Å². The van der Waals surface area contributed by atoms with Gasteiger partial charge in [0, 0.05) is 23.7 Å². The lowest BCUT2D eigenvalue weighted by Gasteiger charge is -2.07. The van der Waals surface area contributed by atoms with Gasteiger partial charge in [0.2, 0.25) is 0 Å². The first-order chi connectivity index (χ1) is 11.6. The lowest BCUT2D eigenvalue weighted by Crippen LogP contribution is -2.18. The topological polar surface area (TPSA) is 85.0 Å². The van der Waals surface area contributed by atoms with Gasteiger partial charge in [0.25, 0.3) is 5.91 Å². The Labute approximate surface area is 143 Å². The van der Waals surface area contributed by atoms with Crippen LogP contribution in [-0.4, -0.2) is 37.0 Å². The van der Waals surface area contributed by atoms with Gasteiger partial charge in [-0.3, -0.25) is 4.79 Å². The average Bonchev–Trinajstić information content (AvgIpc) is 3.15. The van der Waals surface area contributed by atoms with E-state index in [9.17, 15) is 9.90 Å². The second-order valence-electron chi connectivity index (χ2n) is 5.21. The quantitative estimate of drug-likeness (QED) is 0.742. The standard InChI is InChI=1S/C16H16ClN5O2/c1-21-10-18-9-14(21)16(24)19-15-8-13(20-22(15)6-7-23)11-2-4-12(17)5-3-11/h2-5,8-10,23H,6-7H2,1H3,(H,19,24). The molecule has 0 fully saturated rings. The first-order valence-electron chi connectivity index (χ1n) is 7.31. The number of anilines is 1. The number of aliphatic hydroxyl groups excluding tert-OH is 1. The first kappa shape index (κ1) is 16.2. The van der Waals surface area contributed by atoms with Gasteiger partial charge < -0.3 is 15.0 Å². The van der Waals surface area contributed by atoms with Crippen LogP contribution in [0.4, 0.5) is 5.82 Å². The van der Waals surface area contributed by atoms with Crippen molar-refractivity contribution in [1.82, 2.24) is 19.3 Å². The van der Waals surface area contributed by atoms with Crippen LogP contribution in [0.2, 0.25) is 5.02 Å². The number of benzene rings is 1. The molecule has 1 aromatic carbocycles. The van der Waals surface area contributed by atoms with E-state index in [1.807, 2.05) is 12.1 Å². The third-order valence-corrected chi connectivity index (χ3v) is 3.77. The van der Waals surface area contributed by atoms with Crippen molar-refractivity contribution in [3.63, 3.8) is 0 Å². The molecule has 0 spiro atoms. The van der Waals surface area contributed by atoms with Gasteiger partial charge in [0.15, 0.2) is 0 Å². The Hall–Kier alpha value is -2.64. The number of rotatable bonds is 5. The van der Waals surface area contributed by atoms with Crippen molar-refractivity contribution in [1.29, 1.82) is 0 Å². The number of aromatic nitrogens is 4. The molecule has 0 unspecified atom stereocenters. The van der Waals surface area contributed by atoms with E-state index in [0.717, 1.165) is 5.56 Å². The minimum absolute atomic E-state index is 0.0870. The molecule has 24 heavy (non-hydrogen) atoms. The molecule has 2 aromatic heterocycles. The monoisotopic (exact) mass is 345 g/mol. The van der Waals surface area contributed by atoms with Crippen molar-refractivity contribution in [2.24, 2.45) is 7.05 Å². The summed E-state index contributed by atoms with van der Waals surface area (Å²) in [7, 11) is 1.74. The van der Waals surface area contributed by atoms with E-state index in [-0.39, 0.29) is 19.1 Å². The van der Waals surface area contributed by atoms with Gasteiger partial charge in [0.05, 0.1) is 31.4 Å². The zero-order chi connectivity index (χ0) is 17.1. The fraction of sp³-hybridized carbons (Fsp3) is 0.188. The number of aliphatic hydroxyl groups is 1. The van der Waals surface area contributed by atoms with Crippen LogP contribution in [0.3, 0.4) is 0 Å². The number of nitrogens with zero attached hydrogens (tertiary/aromatic N) is 4. The predicted molar refractivity (Wildman–Crippen MR) is 90.9 cm³/mol. The predicted octanol–water partition coefficient (Wildman–Crippen LogP) is 2.18. The first-order valence-corrected chi connectivity index (χ1v) is 7.68. The van der Waals surface area contributed by atoms with Crippen molar-refractivity contribution < 1.29 is 9.90 Å². The van der Waals surface area contributed by atoms with Crippen LogP contribution in [0, 0.1) is 0 Å². The Kier molecular flexibility index (Phi) is 4.64. The highest BCUT2D eigenvalue weighted by Gasteiger charge is 2.15. The van der Waals surface area contributed by atoms with Gasteiger partial charge >= 0.3 is 0 Å². The molecule has 0 aliphatic carbocycles. The van der Waals surface area contributed by atoms with Gasteiger partial charge in [-0.25, -0.2) is 9.67 Å². The Morgan fingerprint density at radius 1 is 1.33 bits per heavy atom. The van der Waals surface area contributed by atoms with Gasteiger partial charge in [-0.05, 0) is 12.1 Å². The highest BCUT2D eigenvalue weighted by molar-refractivity contribution is 6.30. The zero-order valence-electron chi connectivity index (χ0n) is 13.0. The summed E-state index contributed by atoms with van der Waals surface area (Å²) in [5.41, 5.74) is 1.98. The van der Waals surface area contributed by atoms with E-state index in [2.05, 4.69) is 15.4 Å². The molecule has 0 saturated heterocycles. The number of carbonyl (C=O) groups is 1. The van der Waals surface area contributed by atoms with Crippen molar-refractivity contribution >= 4 is 23.3 Å². The van der Waals surface area contributed by atoms with Crippen LogP contribution < -0.4 is 5.32 Å². The Morgan fingerprint density at radius 3 is 2.71 bits per heavy atom. The number of nitrogens with one attached hydrogen (secondary N) is 1. The maximum Gasteiger partial charge on any atom is 0.275 e. The summed E-state index contributed by atoms with van der Waals surface area (Å²) >= 11 is 5.90. The summed E-state index contributed by atoms with van der Waals surface area (Å²) in [6.07, 6.45) is 3.04. The third kappa shape index (κ3) is 3.32. The van der Waals surface area contributed by atoms with Gasteiger partial charge in [-0.2, -0.15) is 5.10 Å². The maximum atomic E-state index is 12.3. The number of amides is 1. The van der Waals surface area contributed by atoms with Gasteiger partial charge in [-0.1, -0.05) is 23.7 Å². The van der Waals surface area contributed by atoms with E-state index in [1.165, 1.54) is 6.20 Å². The second-order valence-corrected chi connectivity index (χ2v) is 5.65. The van der Waals surface area contributed by atoms with E-state index < -0.39 is 0 Å². The molecule has 2 N–H and O–H groups in total. The number of aryl methyl sites for hydroxylation is 1. The van der Waals surface area contributed by atoms with E-state index in [0.29, 0.717) is 22.2 Å². The summed E-state index contributed by atoms with van der Waals surface area (Å²) in [4.78, 5) is 16.3. The molecular formula is C16H16ClN5O2. The molecular weight excluding hydrogens is 330 g/mol. The zero-order valence-corrected chi connectivity index (χ0v) is 13.7. The Bertz CT molecular complexity index is 854. The summed E-state index contributed by atoms with van der Waals surface area (Å²) in [6, 6.07) is 9.00. The van der Waals surface area contributed by atoms with E-state index in [4.69, 9.17) is 11.6 Å². The number of imidazole rings is 1. The highest BCUT2D eigenvalue weighted by atomic mass is 35.5. The molecule has 3 aromatic rings. The number of hydrogen-bond acceptors (Lipinski definition) is 4. The molecule has 0 saturated carbocycles. The van der Waals surface area contributed by atoms with Gasteiger partial charge in [0.1, 0.15) is 11.5 Å². The molecule has 0 atom stereocenters. The summed E-state index contributed by atoms with van der Waals surface area (Å²) in [6.45, 7) is 0.185. The summed E-state index contributed by atoms with van der Waals surface area (Å²) < 4.78 is 3.18. The van der Waals surface area contributed by atoms with Crippen molar-refractivity contribution in [2.75, 3.05) is 11.9 Å². The third-order valence-electron chi connectivity index (χ3n) is 3.52. The van der Waals surface area contributed by atoms with Crippen LogP contribution >= 0.6 is 11.6 Å². The van der Waals surface area contributed by atoms with E-state index >= 15 is 0 Å². The average molecular weight is 346 g/mol. The maximum absolute atomic E-state index is 12.3. The molecule has 0 bridgehead atoms. The molecule has 8 heteroatoms. The minimum Gasteiger partial charge on any atom is -0.394 e. The van der Waals surface area contributed by atoms with Crippen LogP contribution in [0.25, 0.3) is 11.3 Å². The smallest absolute Gasteiger partial charge is 0.275 e. The minimum atomic E-state index is -0.295. The molecule has 0 aliphatic rings. The summed E-state index contributed by atoms with van der Waals surface area (Å²) in [5, 5.41) is 17.1. The van der Waals surface area contributed by atoms with Crippen molar-refractivity contribution in [3.05, 3.63) is 53.6 Å². The van der Waals surface area contributed by atoms with Crippen LogP contribution in [0.5, 0.6) is 0 Å². The molecule has 2 heterocycles. The van der Waals surface area contributed by atoms with Crippen LogP contribution in [-0.2, 0) is 13.6 Å². The molecule has 0 aliphatic heterocycles.